The van der Waals surface area contributed by atoms with Crippen LogP contribution in [0.5, 0.6) is 5.75 Å². The number of nitrogens with one attached hydrogen (secondary N) is 1. The van der Waals surface area contributed by atoms with Crippen LogP contribution >= 0.6 is 11.3 Å². The van der Waals surface area contributed by atoms with Crippen molar-refractivity contribution in [2.24, 2.45) is 0 Å². The van der Waals surface area contributed by atoms with Gasteiger partial charge in [-0.2, -0.15) is 0 Å². The van der Waals surface area contributed by atoms with Crippen molar-refractivity contribution < 1.29 is 9.53 Å². The van der Waals surface area contributed by atoms with Gasteiger partial charge >= 0.3 is 0 Å². The predicted octanol–water partition coefficient (Wildman–Crippen LogP) is 3.99. The predicted molar refractivity (Wildman–Crippen MR) is 113 cm³/mol. The maximum Gasteiger partial charge on any atom is 0.281 e. The Balaban J connectivity index is 1.51. The molecule has 3 rings (SSSR count). The van der Waals surface area contributed by atoms with E-state index >= 15 is 0 Å². The van der Waals surface area contributed by atoms with Gasteiger partial charge in [0.05, 0.1) is 12.0 Å². The molecule has 28 heavy (non-hydrogen) atoms. The highest BCUT2D eigenvalue weighted by Gasteiger charge is 2.13. The highest BCUT2D eigenvalue weighted by Crippen LogP contribution is 2.24. The van der Waals surface area contributed by atoms with Crippen LogP contribution in [-0.4, -0.2) is 22.2 Å². The molecular formula is C21H25N3O3S. The van der Waals surface area contributed by atoms with E-state index in [4.69, 9.17) is 4.74 Å². The molecule has 6 nitrogen and oxygen atoms in total. The third-order valence-corrected chi connectivity index (χ3v) is 5.25. The molecule has 2 aromatic heterocycles. The quantitative estimate of drug-likeness (QED) is 0.636. The monoisotopic (exact) mass is 399 g/mol. The average molecular weight is 400 g/mol. The highest BCUT2D eigenvalue weighted by molar-refractivity contribution is 7.16. The van der Waals surface area contributed by atoms with Crippen LogP contribution in [0.25, 0.3) is 10.2 Å². The van der Waals surface area contributed by atoms with Gasteiger partial charge in [0.2, 0.25) is 5.91 Å². The maximum absolute atomic E-state index is 12.4. The van der Waals surface area contributed by atoms with Crippen molar-refractivity contribution in [3.8, 4) is 5.75 Å². The molecule has 1 N–H and O–H groups in total. The van der Waals surface area contributed by atoms with Crippen molar-refractivity contribution in [3.63, 3.8) is 0 Å². The molecule has 0 bridgehead atoms. The summed E-state index contributed by atoms with van der Waals surface area (Å²) in [4.78, 5) is 29.7. The topological polar surface area (TPSA) is 73.2 Å². The standard InChI is InChI=1S/C21H25N3O3S/c1-14-22-19-17(11-13-28-19)20(26)24(14)23-18(25)6-5-12-27-16-9-7-15(8-10-16)21(2,3)4/h7-11,13H,5-6,12H2,1-4H3,(H,23,25). The fourth-order valence-corrected chi connectivity index (χ4v) is 3.60. The fraction of sp³-hybridized carbons (Fsp3) is 0.381. The largest absolute Gasteiger partial charge is 0.494 e. The lowest BCUT2D eigenvalue weighted by molar-refractivity contribution is -0.117. The van der Waals surface area contributed by atoms with Crippen LogP contribution in [0, 0.1) is 6.92 Å². The van der Waals surface area contributed by atoms with Crippen molar-refractivity contribution in [1.29, 1.82) is 0 Å². The Morgan fingerprint density at radius 2 is 1.93 bits per heavy atom. The van der Waals surface area contributed by atoms with Gasteiger partial charge in [-0.1, -0.05) is 32.9 Å². The molecule has 0 aliphatic heterocycles. The van der Waals surface area contributed by atoms with E-state index in [1.807, 2.05) is 17.5 Å². The minimum absolute atomic E-state index is 0.105. The lowest BCUT2D eigenvalue weighted by Crippen LogP contribution is -2.35. The molecular weight excluding hydrogens is 374 g/mol. The second kappa shape index (κ2) is 8.14. The van der Waals surface area contributed by atoms with E-state index in [1.54, 1.807) is 13.0 Å². The van der Waals surface area contributed by atoms with Crippen LogP contribution in [0.2, 0.25) is 0 Å². The number of hydrogen-bond donors (Lipinski definition) is 1. The maximum atomic E-state index is 12.4. The number of amides is 1. The van der Waals surface area contributed by atoms with E-state index in [0.29, 0.717) is 29.1 Å². The zero-order valence-corrected chi connectivity index (χ0v) is 17.4. The van der Waals surface area contributed by atoms with Crippen molar-refractivity contribution in [2.45, 2.75) is 46.0 Å². The van der Waals surface area contributed by atoms with Crippen molar-refractivity contribution in [1.82, 2.24) is 9.66 Å². The van der Waals surface area contributed by atoms with E-state index in [9.17, 15) is 9.59 Å². The Kier molecular flexibility index (Phi) is 5.84. The zero-order valence-electron chi connectivity index (χ0n) is 16.6. The highest BCUT2D eigenvalue weighted by atomic mass is 32.1. The third-order valence-electron chi connectivity index (χ3n) is 4.44. The number of aryl methyl sites for hydroxylation is 1. The second-order valence-corrected chi connectivity index (χ2v) is 8.59. The van der Waals surface area contributed by atoms with Crippen molar-refractivity contribution in [3.05, 3.63) is 57.5 Å². The van der Waals surface area contributed by atoms with Crippen LogP contribution in [-0.2, 0) is 10.2 Å². The fourth-order valence-electron chi connectivity index (χ4n) is 2.80. The first-order chi connectivity index (χ1) is 13.3. The number of carbonyl (C=O) groups excluding carboxylic acids is 1. The molecule has 3 aromatic rings. The van der Waals surface area contributed by atoms with Gasteiger partial charge in [0, 0.05) is 6.42 Å². The number of rotatable bonds is 6. The van der Waals surface area contributed by atoms with Gasteiger partial charge in [-0.3, -0.25) is 15.0 Å². The van der Waals surface area contributed by atoms with E-state index in [0.717, 1.165) is 5.75 Å². The second-order valence-electron chi connectivity index (χ2n) is 7.70. The number of carbonyl (C=O) groups is 1. The number of ether oxygens (including phenoxy) is 1. The molecule has 7 heteroatoms. The minimum Gasteiger partial charge on any atom is -0.494 e. The number of fused-ring (bicyclic) bond motifs is 1. The van der Waals surface area contributed by atoms with E-state index < -0.39 is 0 Å². The van der Waals surface area contributed by atoms with Crippen LogP contribution in [0.4, 0.5) is 0 Å². The summed E-state index contributed by atoms with van der Waals surface area (Å²) in [6.45, 7) is 8.63. The summed E-state index contributed by atoms with van der Waals surface area (Å²) in [5.41, 5.74) is 3.73. The molecule has 0 radical (unpaired) electrons. The van der Waals surface area contributed by atoms with E-state index in [1.165, 1.54) is 21.6 Å². The van der Waals surface area contributed by atoms with Crippen molar-refractivity contribution in [2.75, 3.05) is 12.0 Å². The first kappa shape index (κ1) is 20.1. The van der Waals surface area contributed by atoms with Gasteiger partial charge in [-0.25, -0.2) is 9.66 Å². The van der Waals surface area contributed by atoms with Gasteiger partial charge in [-0.15, -0.1) is 11.3 Å². The summed E-state index contributed by atoms with van der Waals surface area (Å²) >= 11 is 1.41. The summed E-state index contributed by atoms with van der Waals surface area (Å²) in [5, 5.41) is 2.33. The molecule has 1 amide bonds. The van der Waals surface area contributed by atoms with Gasteiger partial charge in [0.15, 0.2) is 0 Å². The molecule has 0 saturated carbocycles. The molecule has 0 unspecified atom stereocenters. The Labute approximate surface area is 168 Å². The summed E-state index contributed by atoms with van der Waals surface area (Å²) in [6.07, 6.45) is 0.808. The molecule has 2 heterocycles. The number of hydrogen-bond acceptors (Lipinski definition) is 5. The minimum atomic E-state index is -0.257. The third kappa shape index (κ3) is 4.59. The molecule has 0 spiro atoms. The van der Waals surface area contributed by atoms with Crippen LogP contribution in [0.15, 0.2) is 40.5 Å². The summed E-state index contributed by atoms with van der Waals surface area (Å²) in [6, 6.07) is 9.74. The molecule has 0 saturated heterocycles. The van der Waals surface area contributed by atoms with Crippen molar-refractivity contribution >= 4 is 27.5 Å². The van der Waals surface area contributed by atoms with Crippen LogP contribution < -0.4 is 15.7 Å². The number of nitrogens with zero attached hydrogens (tertiary/aromatic N) is 2. The van der Waals surface area contributed by atoms with E-state index in [2.05, 4.69) is 43.3 Å². The summed E-state index contributed by atoms with van der Waals surface area (Å²) in [7, 11) is 0. The normalized spacial score (nSPS) is 11.6. The summed E-state index contributed by atoms with van der Waals surface area (Å²) in [5.74, 6) is 1.00. The zero-order chi connectivity index (χ0) is 20.3. The average Bonchev–Trinajstić information content (AvgIpc) is 3.10. The molecule has 0 aliphatic carbocycles. The van der Waals surface area contributed by atoms with Gasteiger partial charge in [-0.05, 0) is 47.9 Å². The lowest BCUT2D eigenvalue weighted by atomic mass is 9.87. The van der Waals surface area contributed by atoms with Crippen LogP contribution in [0.1, 0.15) is 45.0 Å². The Morgan fingerprint density at radius 3 is 2.61 bits per heavy atom. The molecule has 0 aliphatic rings. The number of benzene rings is 1. The molecule has 148 valence electrons. The number of aromatic nitrogens is 2. The van der Waals surface area contributed by atoms with Gasteiger partial charge < -0.3 is 4.74 Å². The first-order valence-corrected chi connectivity index (χ1v) is 10.1. The molecule has 0 atom stereocenters. The van der Waals surface area contributed by atoms with Crippen LogP contribution in [0.3, 0.4) is 0 Å². The number of thiophene rings is 1. The molecule has 0 fully saturated rings. The molecule has 1 aromatic carbocycles. The summed E-state index contributed by atoms with van der Waals surface area (Å²) < 4.78 is 6.92. The van der Waals surface area contributed by atoms with Gasteiger partial charge in [0.1, 0.15) is 16.4 Å². The Morgan fingerprint density at radius 1 is 1.21 bits per heavy atom. The Hall–Kier alpha value is -2.67. The Bertz CT molecular complexity index is 1030. The SMILES string of the molecule is Cc1nc2sccc2c(=O)n1NC(=O)CCCOc1ccc(C(C)(C)C)cc1. The smallest absolute Gasteiger partial charge is 0.281 e. The van der Waals surface area contributed by atoms with Gasteiger partial charge in [0.25, 0.3) is 5.56 Å². The first-order valence-electron chi connectivity index (χ1n) is 9.26. The van der Waals surface area contributed by atoms with E-state index in [-0.39, 0.29) is 23.3 Å². The lowest BCUT2D eigenvalue weighted by Gasteiger charge is -2.19.